The Morgan fingerprint density at radius 1 is 1.03 bits per heavy atom. The number of hydrogen-bond acceptors (Lipinski definition) is 0. The van der Waals surface area contributed by atoms with E-state index in [1.165, 1.54) is 82.2 Å². The summed E-state index contributed by atoms with van der Waals surface area (Å²) in [5, 5.41) is 0. The van der Waals surface area contributed by atoms with Crippen LogP contribution in [0.3, 0.4) is 0 Å². The molecule has 3 aliphatic rings. The Morgan fingerprint density at radius 2 is 1.83 bits per heavy atom. The highest BCUT2D eigenvalue weighted by atomic mass is 14.3. The summed E-state index contributed by atoms with van der Waals surface area (Å²) in [6.07, 6.45) is 15.7. The molecule has 0 heteroatoms. The highest BCUT2D eigenvalue weighted by Gasteiger charge is 2.30. The molecule has 3 unspecified atom stereocenters. The molecule has 0 N–H and O–H groups in total. The average Bonchev–Trinajstić information content (AvgIpc) is 3.23. The summed E-state index contributed by atoms with van der Waals surface area (Å²) in [4.78, 5) is 0. The van der Waals surface area contributed by atoms with Crippen LogP contribution < -0.4 is 0 Å². The van der Waals surface area contributed by atoms with Gasteiger partial charge < -0.3 is 0 Å². The van der Waals surface area contributed by atoms with Crippen molar-refractivity contribution in [3.8, 4) is 11.1 Å². The van der Waals surface area contributed by atoms with Gasteiger partial charge in [-0.25, -0.2) is 0 Å². The Bertz CT molecular complexity index is 1260. The zero-order valence-corrected chi connectivity index (χ0v) is 23.2. The molecule has 2 aromatic carbocycles. The highest BCUT2D eigenvalue weighted by Crippen LogP contribution is 2.44. The van der Waals surface area contributed by atoms with Gasteiger partial charge in [-0.05, 0) is 102 Å². The first kappa shape index (κ1) is 25.1. The summed E-state index contributed by atoms with van der Waals surface area (Å²) in [5.74, 6) is 1.58. The van der Waals surface area contributed by atoms with E-state index in [1.54, 1.807) is 5.56 Å². The van der Waals surface area contributed by atoms with Crippen molar-refractivity contribution in [3.05, 3.63) is 100 Å². The molecule has 3 aliphatic carbocycles. The maximum atomic E-state index is 4.44. The molecule has 0 aromatic heterocycles. The van der Waals surface area contributed by atoms with E-state index >= 15 is 0 Å². The molecule has 36 heavy (non-hydrogen) atoms. The zero-order chi connectivity index (χ0) is 25.6. The minimum Gasteiger partial charge on any atom is -0.0986 e. The fourth-order valence-electron chi connectivity index (χ4n) is 7.23. The zero-order valence-electron chi connectivity index (χ0n) is 23.2. The third-order valence-corrected chi connectivity index (χ3v) is 9.23. The molecular weight excluding hydrogens is 432 g/mol. The fourth-order valence-corrected chi connectivity index (χ4v) is 7.23. The van der Waals surface area contributed by atoms with E-state index in [0.29, 0.717) is 17.3 Å². The molecule has 0 bridgehead atoms. The maximum absolute atomic E-state index is 4.44. The highest BCUT2D eigenvalue weighted by molar-refractivity contribution is 5.80. The van der Waals surface area contributed by atoms with Gasteiger partial charge in [-0.15, -0.1) is 0 Å². The van der Waals surface area contributed by atoms with Crippen LogP contribution in [-0.2, 0) is 12.8 Å². The average molecular weight is 477 g/mol. The van der Waals surface area contributed by atoms with E-state index in [-0.39, 0.29) is 0 Å². The Morgan fingerprint density at radius 3 is 2.61 bits per heavy atom. The second-order valence-electron chi connectivity index (χ2n) is 12.8. The van der Waals surface area contributed by atoms with E-state index in [9.17, 15) is 0 Å². The normalized spacial score (nSPS) is 25.1. The van der Waals surface area contributed by atoms with Gasteiger partial charge in [-0.2, -0.15) is 0 Å². The van der Waals surface area contributed by atoms with E-state index in [2.05, 4.69) is 96.3 Å². The van der Waals surface area contributed by atoms with Crippen molar-refractivity contribution in [1.29, 1.82) is 0 Å². The molecule has 1 saturated carbocycles. The van der Waals surface area contributed by atoms with Gasteiger partial charge in [0.25, 0.3) is 0 Å². The van der Waals surface area contributed by atoms with E-state index in [1.807, 2.05) is 0 Å². The summed E-state index contributed by atoms with van der Waals surface area (Å²) in [6, 6.07) is 11.8. The molecule has 0 heterocycles. The van der Waals surface area contributed by atoms with Crippen molar-refractivity contribution >= 4 is 6.08 Å². The summed E-state index contributed by atoms with van der Waals surface area (Å²) in [5.41, 5.74) is 14.8. The SMILES string of the molecule is C=C1C=CC(C)C(=C)C1CC1=Cc2cccc(-c3cc(C)cc(C)c3CC3CCCC(C)(C)C3)c2C1. The number of allylic oxidation sites excluding steroid dienone is 5. The molecule has 0 radical (unpaired) electrons. The van der Waals surface area contributed by atoms with E-state index in [4.69, 9.17) is 0 Å². The lowest BCUT2D eigenvalue weighted by atomic mass is 9.70. The molecule has 5 rings (SSSR count). The topological polar surface area (TPSA) is 0 Å². The molecule has 0 saturated heterocycles. The van der Waals surface area contributed by atoms with Gasteiger partial charge in [0.2, 0.25) is 0 Å². The molecule has 0 nitrogen and oxygen atoms in total. The lowest BCUT2D eigenvalue weighted by Gasteiger charge is -2.36. The van der Waals surface area contributed by atoms with E-state index < -0.39 is 0 Å². The van der Waals surface area contributed by atoms with Gasteiger partial charge in [-0.1, -0.05) is 112 Å². The molecular formula is C36H44. The predicted molar refractivity (Wildman–Crippen MR) is 157 cm³/mol. The fraction of sp³-hybridized carbons (Fsp3) is 0.444. The minimum atomic E-state index is 0.362. The molecule has 1 fully saturated rings. The molecule has 0 amide bonds. The van der Waals surface area contributed by atoms with Gasteiger partial charge in [0.1, 0.15) is 0 Å². The molecule has 2 aromatic rings. The summed E-state index contributed by atoms with van der Waals surface area (Å²) < 4.78 is 0. The van der Waals surface area contributed by atoms with Crippen molar-refractivity contribution in [1.82, 2.24) is 0 Å². The smallest absolute Gasteiger partial charge is 0.00826 e. The van der Waals surface area contributed by atoms with E-state index in [0.717, 1.165) is 18.8 Å². The number of hydrogen-bond donors (Lipinski definition) is 0. The third-order valence-electron chi connectivity index (χ3n) is 9.23. The number of aryl methyl sites for hydroxylation is 2. The van der Waals surface area contributed by atoms with Gasteiger partial charge in [0, 0.05) is 5.92 Å². The minimum absolute atomic E-state index is 0.362. The second kappa shape index (κ2) is 9.70. The first-order valence-corrected chi connectivity index (χ1v) is 14.1. The number of rotatable bonds is 5. The summed E-state index contributed by atoms with van der Waals surface area (Å²) in [6.45, 7) is 20.6. The maximum Gasteiger partial charge on any atom is 0.00826 e. The monoisotopic (exact) mass is 476 g/mol. The largest absolute Gasteiger partial charge is 0.0986 e. The first-order chi connectivity index (χ1) is 17.1. The quantitative estimate of drug-likeness (QED) is 0.377. The molecule has 188 valence electrons. The van der Waals surface area contributed by atoms with Crippen LogP contribution in [0.2, 0.25) is 0 Å². The van der Waals surface area contributed by atoms with Crippen LogP contribution in [-0.4, -0.2) is 0 Å². The number of fused-ring (bicyclic) bond motifs is 1. The predicted octanol–water partition coefficient (Wildman–Crippen LogP) is 9.99. The standard InChI is InChI=1S/C36H44/c1-23-16-26(4)33(19-28-10-9-15-36(6,7)22-28)35(17-23)31-12-8-11-30-18-29(21-34(30)31)20-32-25(3)14-13-24(2)27(32)5/h8,11-14,16-18,24,28,32H,3,5,9-10,15,19-22H2,1-2,4,6-7H3. The van der Waals surface area contributed by atoms with Crippen LogP contribution in [0.4, 0.5) is 0 Å². The second-order valence-corrected chi connectivity index (χ2v) is 12.8. The Hall–Kier alpha value is -2.60. The summed E-state index contributed by atoms with van der Waals surface area (Å²) in [7, 11) is 0. The first-order valence-electron chi connectivity index (χ1n) is 14.1. The number of benzene rings is 2. The third kappa shape index (κ3) is 4.97. The Labute approximate surface area is 219 Å². The van der Waals surface area contributed by atoms with Gasteiger partial charge in [-0.3, -0.25) is 0 Å². The lowest BCUT2D eigenvalue weighted by molar-refractivity contribution is 0.180. The van der Waals surface area contributed by atoms with Crippen LogP contribution in [0.5, 0.6) is 0 Å². The van der Waals surface area contributed by atoms with Crippen LogP contribution >= 0.6 is 0 Å². The van der Waals surface area contributed by atoms with Crippen molar-refractivity contribution < 1.29 is 0 Å². The van der Waals surface area contributed by atoms with Gasteiger partial charge in [0.05, 0.1) is 0 Å². The van der Waals surface area contributed by atoms with Crippen LogP contribution in [0, 0.1) is 37.0 Å². The van der Waals surface area contributed by atoms with Crippen LogP contribution in [0.15, 0.2) is 72.4 Å². The molecule has 0 spiro atoms. The van der Waals surface area contributed by atoms with Gasteiger partial charge >= 0.3 is 0 Å². The van der Waals surface area contributed by atoms with Crippen molar-refractivity contribution in [3.63, 3.8) is 0 Å². The van der Waals surface area contributed by atoms with Gasteiger partial charge in [0.15, 0.2) is 0 Å². The Balaban J connectivity index is 1.45. The molecule has 0 aliphatic heterocycles. The van der Waals surface area contributed by atoms with Crippen LogP contribution in [0.1, 0.15) is 80.7 Å². The Kier molecular flexibility index (Phi) is 6.75. The van der Waals surface area contributed by atoms with Crippen molar-refractivity contribution in [2.75, 3.05) is 0 Å². The van der Waals surface area contributed by atoms with Crippen molar-refractivity contribution in [2.45, 2.75) is 79.6 Å². The molecule has 3 atom stereocenters. The van der Waals surface area contributed by atoms with Crippen LogP contribution in [0.25, 0.3) is 17.2 Å². The van der Waals surface area contributed by atoms with Crippen molar-refractivity contribution in [2.24, 2.45) is 23.2 Å². The lowest BCUT2D eigenvalue weighted by Crippen LogP contribution is -2.24. The summed E-state index contributed by atoms with van der Waals surface area (Å²) >= 11 is 0.